The van der Waals surface area contributed by atoms with Crippen molar-refractivity contribution in [2.75, 3.05) is 6.54 Å². The summed E-state index contributed by atoms with van der Waals surface area (Å²) in [6, 6.07) is 10.7. The Morgan fingerprint density at radius 1 is 1.26 bits per heavy atom. The number of aryl methyl sites for hydroxylation is 1. The average Bonchev–Trinajstić information content (AvgIpc) is 3.39. The lowest BCUT2D eigenvalue weighted by molar-refractivity contribution is 0.0952. The molecule has 3 heterocycles. The monoisotopic (exact) mass is 474 g/mol. The van der Waals surface area contributed by atoms with Crippen molar-refractivity contribution in [2.24, 2.45) is 0 Å². The molecule has 0 fully saturated rings. The van der Waals surface area contributed by atoms with E-state index in [0.717, 1.165) is 32.6 Å². The first-order valence-corrected chi connectivity index (χ1v) is 11.3. The molecule has 0 saturated carbocycles. The minimum Gasteiger partial charge on any atom is -0.350 e. The Bertz CT molecular complexity index is 1300. The summed E-state index contributed by atoms with van der Waals surface area (Å²) < 4.78 is 14.4. The van der Waals surface area contributed by atoms with E-state index >= 15 is 0 Å². The number of nitrogens with zero attached hydrogens (tertiary/aromatic N) is 3. The maximum Gasteiger partial charge on any atom is 0.266 e. The zero-order valence-corrected chi connectivity index (χ0v) is 18.7. The van der Waals surface area contributed by atoms with Gasteiger partial charge in [-0.15, -0.1) is 22.7 Å². The maximum atomic E-state index is 13.2. The smallest absolute Gasteiger partial charge is 0.266 e. The molecule has 1 amide bonds. The number of hydrogen-bond donors (Lipinski definition) is 1. The fraction of sp³-hybridized carbons (Fsp3) is 0.143. The van der Waals surface area contributed by atoms with Gasteiger partial charge in [0.25, 0.3) is 11.5 Å². The summed E-state index contributed by atoms with van der Waals surface area (Å²) in [4.78, 5) is 31.1. The van der Waals surface area contributed by atoms with Gasteiger partial charge in [-0.1, -0.05) is 17.7 Å². The fourth-order valence-corrected chi connectivity index (χ4v) is 5.00. The van der Waals surface area contributed by atoms with Crippen LogP contribution >= 0.6 is 34.3 Å². The van der Waals surface area contributed by atoms with Crippen LogP contribution in [-0.2, 0) is 6.54 Å². The van der Waals surface area contributed by atoms with Crippen LogP contribution in [0.4, 0.5) is 4.39 Å². The van der Waals surface area contributed by atoms with Gasteiger partial charge in [-0.2, -0.15) is 5.10 Å². The van der Waals surface area contributed by atoms with E-state index in [2.05, 4.69) is 15.4 Å². The molecule has 4 rings (SSSR count). The first-order valence-electron chi connectivity index (χ1n) is 9.25. The Morgan fingerprint density at radius 2 is 2.10 bits per heavy atom. The molecular formula is C21H16ClFN4O2S2. The summed E-state index contributed by atoms with van der Waals surface area (Å²) in [5.74, 6) is -0.970. The van der Waals surface area contributed by atoms with E-state index in [1.807, 2.05) is 24.4 Å². The van der Waals surface area contributed by atoms with Crippen LogP contribution < -0.4 is 10.9 Å². The molecule has 0 saturated heterocycles. The predicted octanol–water partition coefficient (Wildman–Crippen LogP) is 4.63. The summed E-state index contributed by atoms with van der Waals surface area (Å²) in [7, 11) is 0. The topological polar surface area (TPSA) is 76.9 Å². The summed E-state index contributed by atoms with van der Waals surface area (Å²) in [6.07, 6.45) is 0. The van der Waals surface area contributed by atoms with Crippen molar-refractivity contribution in [1.29, 1.82) is 0 Å². The van der Waals surface area contributed by atoms with Crippen molar-refractivity contribution in [3.63, 3.8) is 0 Å². The highest BCUT2D eigenvalue weighted by molar-refractivity contribution is 7.23. The second-order valence-corrected chi connectivity index (χ2v) is 8.92. The van der Waals surface area contributed by atoms with Gasteiger partial charge in [-0.3, -0.25) is 9.59 Å². The quantitative estimate of drug-likeness (QED) is 0.442. The van der Waals surface area contributed by atoms with Crippen molar-refractivity contribution in [3.05, 3.63) is 80.3 Å². The van der Waals surface area contributed by atoms with Gasteiger partial charge in [0.15, 0.2) is 0 Å². The number of carbonyl (C=O) groups excluding carboxylic acids is 1. The molecule has 0 aliphatic rings. The maximum absolute atomic E-state index is 13.2. The Labute approximate surface area is 190 Å². The molecule has 0 unspecified atom stereocenters. The van der Waals surface area contributed by atoms with Gasteiger partial charge in [-0.05, 0) is 42.6 Å². The predicted molar refractivity (Wildman–Crippen MR) is 121 cm³/mol. The Kier molecular flexibility index (Phi) is 6.26. The molecular weight excluding hydrogens is 459 g/mol. The number of rotatable bonds is 6. The van der Waals surface area contributed by atoms with Crippen LogP contribution in [-0.4, -0.2) is 27.2 Å². The number of thiazole rings is 1. The minimum atomic E-state index is -0.519. The molecule has 0 aliphatic heterocycles. The van der Waals surface area contributed by atoms with Crippen LogP contribution in [0.25, 0.3) is 20.5 Å². The number of halogens is 2. The number of carbonyl (C=O) groups is 1. The molecule has 31 heavy (non-hydrogen) atoms. The Hall–Kier alpha value is -2.88. The molecule has 0 bridgehead atoms. The van der Waals surface area contributed by atoms with Gasteiger partial charge in [0.2, 0.25) is 0 Å². The third-order valence-corrected chi connectivity index (χ3v) is 6.94. The van der Waals surface area contributed by atoms with Crippen molar-refractivity contribution in [2.45, 2.75) is 13.5 Å². The van der Waals surface area contributed by atoms with Gasteiger partial charge in [0.1, 0.15) is 16.5 Å². The van der Waals surface area contributed by atoms with E-state index < -0.39 is 11.7 Å². The minimum absolute atomic E-state index is 0.0250. The zero-order valence-electron chi connectivity index (χ0n) is 16.3. The van der Waals surface area contributed by atoms with Crippen molar-refractivity contribution < 1.29 is 9.18 Å². The third-order valence-electron chi connectivity index (χ3n) is 4.41. The lowest BCUT2D eigenvalue weighted by Gasteiger charge is -2.09. The van der Waals surface area contributed by atoms with Crippen molar-refractivity contribution >= 4 is 40.2 Å². The highest BCUT2D eigenvalue weighted by atomic mass is 35.5. The van der Waals surface area contributed by atoms with Gasteiger partial charge < -0.3 is 5.32 Å². The number of hydrogen-bond acceptors (Lipinski definition) is 6. The van der Waals surface area contributed by atoms with E-state index in [1.54, 1.807) is 17.4 Å². The summed E-state index contributed by atoms with van der Waals surface area (Å²) >= 11 is 9.05. The van der Waals surface area contributed by atoms with Gasteiger partial charge >= 0.3 is 0 Å². The number of thiophene rings is 1. The lowest BCUT2D eigenvalue weighted by atomic mass is 10.2. The average molecular weight is 475 g/mol. The molecule has 0 atom stereocenters. The first kappa shape index (κ1) is 21.4. The fourth-order valence-electron chi connectivity index (χ4n) is 2.91. The highest BCUT2D eigenvalue weighted by Gasteiger charge is 2.15. The van der Waals surface area contributed by atoms with Crippen LogP contribution in [0.1, 0.15) is 16.1 Å². The van der Waals surface area contributed by atoms with Crippen molar-refractivity contribution in [1.82, 2.24) is 20.1 Å². The summed E-state index contributed by atoms with van der Waals surface area (Å²) in [6.45, 7) is 2.24. The normalized spacial score (nSPS) is 10.9. The standard InChI is InChI=1S/C21H16ClFN4O2S2/c1-12-19(31-21(25-12)17-3-2-10-30-17)16-6-7-18(28)27(26-16)9-8-24-20(29)14-5-4-13(23)11-15(14)22/h2-7,10-11H,8-9H2,1H3,(H,24,29). The molecule has 10 heteroatoms. The second-order valence-electron chi connectivity index (χ2n) is 6.57. The summed E-state index contributed by atoms with van der Waals surface area (Å²) in [5.41, 5.74) is 1.37. The van der Waals surface area contributed by atoms with E-state index in [0.29, 0.717) is 5.69 Å². The van der Waals surface area contributed by atoms with E-state index in [4.69, 9.17) is 11.6 Å². The summed E-state index contributed by atoms with van der Waals surface area (Å²) in [5, 5.41) is 10.1. The molecule has 4 aromatic rings. The Morgan fingerprint density at radius 3 is 2.84 bits per heavy atom. The van der Waals surface area contributed by atoms with Gasteiger partial charge in [0.05, 0.1) is 32.6 Å². The van der Waals surface area contributed by atoms with Crippen LogP contribution in [0.3, 0.4) is 0 Å². The van der Waals surface area contributed by atoms with Gasteiger partial charge in [-0.25, -0.2) is 14.1 Å². The van der Waals surface area contributed by atoms with Gasteiger partial charge in [0, 0.05) is 12.6 Å². The molecule has 6 nitrogen and oxygen atoms in total. The van der Waals surface area contributed by atoms with Crippen LogP contribution in [0, 0.1) is 12.7 Å². The number of nitrogens with one attached hydrogen (secondary N) is 1. The Balaban J connectivity index is 1.49. The highest BCUT2D eigenvalue weighted by Crippen LogP contribution is 2.35. The van der Waals surface area contributed by atoms with Crippen LogP contribution in [0.2, 0.25) is 5.02 Å². The van der Waals surface area contributed by atoms with E-state index in [1.165, 1.54) is 28.2 Å². The largest absolute Gasteiger partial charge is 0.350 e. The van der Waals surface area contributed by atoms with Crippen molar-refractivity contribution in [3.8, 4) is 20.5 Å². The lowest BCUT2D eigenvalue weighted by Crippen LogP contribution is -2.32. The molecule has 1 aromatic carbocycles. The molecule has 0 spiro atoms. The zero-order chi connectivity index (χ0) is 22.0. The van der Waals surface area contributed by atoms with E-state index in [9.17, 15) is 14.0 Å². The third kappa shape index (κ3) is 4.73. The molecule has 3 aromatic heterocycles. The van der Waals surface area contributed by atoms with Crippen LogP contribution in [0.15, 0.2) is 52.6 Å². The molecule has 158 valence electrons. The van der Waals surface area contributed by atoms with E-state index in [-0.39, 0.29) is 29.2 Å². The number of aromatic nitrogens is 3. The number of amides is 1. The first-order chi connectivity index (χ1) is 14.9. The molecule has 1 N–H and O–H groups in total. The van der Waals surface area contributed by atoms with Crippen LogP contribution in [0.5, 0.6) is 0 Å². The molecule has 0 radical (unpaired) electrons. The molecule has 0 aliphatic carbocycles. The second kappa shape index (κ2) is 9.09. The SMILES string of the molecule is Cc1nc(-c2cccs2)sc1-c1ccc(=O)n(CCNC(=O)c2ccc(F)cc2Cl)n1. The number of benzene rings is 1.